The number of piperidine rings is 1. The number of rotatable bonds is 8. The van der Waals surface area contributed by atoms with Crippen molar-refractivity contribution in [1.29, 1.82) is 0 Å². The van der Waals surface area contributed by atoms with E-state index < -0.39 is 0 Å². The molecular formula is C23H27N5O2S. The minimum absolute atomic E-state index is 0.0331. The number of aromatic nitrogens is 3. The van der Waals surface area contributed by atoms with Crippen LogP contribution in [0.1, 0.15) is 48.7 Å². The van der Waals surface area contributed by atoms with Gasteiger partial charge in [-0.1, -0.05) is 42.1 Å². The number of carbonyl (C=O) groups is 1. The topological polar surface area (TPSA) is 76.2 Å². The van der Waals surface area contributed by atoms with Crippen LogP contribution in [0.5, 0.6) is 0 Å². The first-order valence-electron chi connectivity index (χ1n) is 11.0. The second-order valence-electron chi connectivity index (χ2n) is 8.19. The van der Waals surface area contributed by atoms with Crippen molar-refractivity contribution in [2.45, 2.75) is 55.1 Å². The largest absolute Gasteiger partial charge is 0.467 e. The zero-order chi connectivity index (χ0) is 21.0. The average molecular weight is 438 g/mol. The molecule has 0 radical (unpaired) electrons. The molecule has 1 amide bonds. The molecule has 7 nitrogen and oxygen atoms in total. The highest BCUT2D eigenvalue weighted by molar-refractivity contribution is 8.00. The highest BCUT2D eigenvalue weighted by atomic mass is 32.2. The first kappa shape index (κ1) is 20.2. The first-order chi connectivity index (χ1) is 15.3. The minimum atomic E-state index is -0.379. The van der Waals surface area contributed by atoms with Gasteiger partial charge in [0.25, 0.3) is 0 Å². The van der Waals surface area contributed by atoms with Gasteiger partial charge >= 0.3 is 0 Å². The van der Waals surface area contributed by atoms with Gasteiger partial charge < -0.3 is 14.6 Å². The number of nitrogens with one attached hydrogen (secondary N) is 1. The molecule has 8 heteroatoms. The van der Waals surface area contributed by atoms with Crippen molar-refractivity contribution in [3.05, 3.63) is 60.1 Å². The zero-order valence-corrected chi connectivity index (χ0v) is 18.3. The van der Waals surface area contributed by atoms with Gasteiger partial charge in [-0.2, -0.15) is 0 Å². The third-order valence-corrected chi connectivity index (χ3v) is 6.95. The van der Waals surface area contributed by atoms with Crippen molar-refractivity contribution < 1.29 is 9.21 Å². The molecule has 2 aromatic heterocycles. The van der Waals surface area contributed by atoms with Crippen molar-refractivity contribution in [2.75, 3.05) is 18.0 Å². The molecule has 0 bridgehead atoms. The summed E-state index contributed by atoms with van der Waals surface area (Å²) < 4.78 is 7.71. The normalized spacial score (nSPS) is 17.5. The van der Waals surface area contributed by atoms with Gasteiger partial charge in [-0.25, -0.2) is 0 Å². The number of thioether (sulfide) groups is 1. The van der Waals surface area contributed by atoms with Crippen LogP contribution < -0.4 is 10.2 Å². The summed E-state index contributed by atoms with van der Waals surface area (Å²) in [6, 6.07) is 14.1. The number of hydrogen-bond donors (Lipinski definition) is 1. The van der Waals surface area contributed by atoms with Crippen LogP contribution in [-0.2, 0) is 11.3 Å². The second kappa shape index (κ2) is 9.18. The molecule has 1 saturated carbocycles. The van der Waals surface area contributed by atoms with Crippen LogP contribution in [0.25, 0.3) is 0 Å². The van der Waals surface area contributed by atoms with E-state index in [1.165, 1.54) is 18.2 Å². The Morgan fingerprint density at radius 2 is 1.90 bits per heavy atom. The average Bonchev–Trinajstić information content (AvgIpc) is 3.31. The number of furan rings is 1. The highest BCUT2D eigenvalue weighted by Crippen LogP contribution is 2.37. The van der Waals surface area contributed by atoms with Crippen molar-refractivity contribution in [3.8, 4) is 0 Å². The Morgan fingerprint density at radius 1 is 1.10 bits per heavy atom. The summed E-state index contributed by atoms with van der Waals surface area (Å²) in [7, 11) is 0. The Kier molecular flexibility index (Phi) is 5.97. The Hall–Kier alpha value is -2.74. The molecular weight excluding hydrogens is 410 g/mol. The maximum atomic E-state index is 13.1. The second-order valence-corrected chi connectivity index (χ2v) is 9.26. The van der Waals surface area contributed by atoms with Crippen LogP contribution in [0.4, 0.5) is 5.95 Å². The zero-order valence-electron chi connectivity index (χ0n) is 17.4. The molecule has 1 N–H and O–H groups in total. The van der Waals surface area contributed by atoms with Gasteiger partial charge in [0.1, 0.15) is 11.0 Å². The number of hydrogen-bond acceptors (Lipinski definition) is 6. The number of carbonyl (C=O) groups excluding carboxylic acids is 1. The van der Waals surface area contributed by atoms with Crippen LogP contribution in [0.2, 0.25) is 0 Å². The van der Waals surface area contributed by atoms with E-state index in [4.69, 9.17) is 4.42 Å². The molecule has 3 aromatic rings. The first-order valence-corrected chi connectivity index (χ1v) is 11.9. The molecule has 1 saturated heterocycles. The van der Waals surface area contributed by atoms with Gasteiger partial charge in [-0.05, 0) is 49.8 Å². The van der Waals surface area contributed by atoms with Crippen molar-refractivity contribution in [2.24, 2.45) is 0 Å². The fourth-order valence-corrected chi connectivity index (χ4v) is 4.94. The number of amides is 1. The van der Waals surface area contributed by atoms with Crippen molar-refractivity contribution in [3.63, 3.8) is 0 Å². The Morgan fingerprint density at radius 3 is 2.61 bits per heavy atom. The van der Waals surface area contributed by atoms with E-state index in [2.05, 4.69) is 25.0 Å². The molecule has 2 aliphatic rings. The lowest BCUT2D eigenvalue weighted by molar-refractivity contribution is -0.120. The quantitative estimate of drug-likeness (QED) is 0.537. The SMILES string of the molecule is O=C(NC1CC1)C(Sc1nnc(N2CCCCC2)n1Cc1ccco1)c1ccccc1. The van der Waals surface area contributed by atoms with Gasteiger partial charge in [0.05, 0.1) is 12.8 Å². The third kappa shape index (κ3) is 4.79. The Bertz CT molecular complexity index is 994. The molecule has 1 aliphatic heterocycles. The summed E-state index contributed by atoms with van der Waals surface area (Å²) in [5, 5.41) is 12.6. The van der Waals surface area contributed by atoms with Gasteiger partial charge in [0.15, 0.2) is 5.16 Å². The smallest absolute Gasteiger partial charge is 0.238 e. The summed E-state index contributed by atoms with van der Waals surface area (Å²) in [4.78, 5) is 15.4. The third-order valence-electron chi connectivity index (χ3n) is 5.72. The van der Waals surface area contributed by atoms with Crippen molar-refractivity contribution >= 4 is 23.6 Å². The molecule has 31 heavy (non-hydrogen) atoms. The van der Waals surface area contributed by atoms with E-state index >= 15 is 0 Å². The Balaban J connectivity index is 1.46. The molecule has 1 atom stereocenters. The lowest BCUT2D eigenvalue weighted by atomic mass is 10.1. The summed E-state index contributed by atoms with van der Waals surface area (Å²) >= 11 is 1.46. The Labute approximate surface area is 186 Å². The summed E-state index contributed by atoms with van der Waals surface area (Å²) in [6.45, 7) is 2.50. The summed E-state index contributed by atoms with van der Waals surface area (Å²) in [5.41, 5.74) is 0.970. The minimum Gasteiger partial charge on any atom is -0.467 e. The molecule has 162 valence electrons. The molecule has 1 unspecified atom stereocenters. The predicted molar refractivity (Wildman–Crippen MR) is 120 cm³/mol. The lowest BCUT2D eigenvalue weighted by Gasteiger charge is -2.27. The highest BCUT2D eigenvalue weighted by Gasteiger charge is 2.31. The molecule has 0 spiro atoms. The van der Waals surface area contributed by atoms with Crippen LogP contribution in [0, 0.1) is 0 Å². The fourth-order valence-electron chi connectivity index (χ4n) is 3.90. The van der Waals surface area contributed by atoms with E-state index in [1.807, 2.05) is 42.5 Å². The lowest BCUT2D eigenvalue weighted by Crippen LogP contribution is -2.32. The van der Waals surface area contributed by atoms with Crippen LogP contribution in [0.15, 0.2) is 58.3 Å². The standard InChI is InChI=1S/C23H27N5O2S/c29-21(24-18-11-12-18)20(17-8-3-1-4-9-17)31-23-26-25-22(27-13-5-2-6-14-27)28(23)16-19-10-7-15-30-19/h1,3-4,7-10,15,18,20H,2,5-6,11-14,16H2,(H,24,29). The summed E-state index contributed by atoms with van der Waals surface area (Å²) in [6.07, 6.45) is 7.38. The molecule has 3 heterocycles. The maximum Gasteiger partial charge on any atom is 0.238 e. The van der Waals surface area contributed by atoms with Crippen LogP contribution in [-0.4, -0.2) is 39.8 Å². The number of nitrogens with zero attached hydrogens (tertiary/aromatic N) is 4. The van der Waals surface area contributed by atoms with E-state index in [-0.39, 0.29) is 11.2 Å². The molecule has 1 aliphatic carbocycles. The van der Waals surface area contributed by atoms with E-state index in [0.717, 1.165) is 61.2 Å². The summed E-state index contributed by atoms with van der Waals surface area (Å²) in [5.74, 6) is 1.73. The predicted octanol–water partition coefficient (Wildman–Crippen LogP) is 4.02. The molecule has 1 aromatic carbocycles. The van der Waals surface area contributed by atoms with Gasteiger partial charge in [0, 0.05) is 19.1 Å². The molecule has 2 fully saturated rings. The van der Waals surface area contributed by atoms with Crippen LogP contribution in [0.3, 0.4) is 0 Å². The number of benzene rings is 1. The van der Waals surface area contributed by atoms with E-state index in [1.54, 1.807) is 6.26 Å². The van der Waals surface area contributed by atoms with Crippen molar-refractivity contribution in [1.82, 2.24) is 20.1 Å². The van der Waals surface area contributed by atoms with E-state index in [0.29, 0.717) is 12.6 Å². The van der Waals surface area contributed by atoms with E-state index in [9.17, 15) is 4.79 Å². The van der Waals surface area contributed by atoms with Gasteiger partial charge in [-0.15, -0.1) is 10.2 Å². The fraction of sp³-hybridized carbons (Fsp3) is 0.435. The molecule has 5 rings (SSSR count). The van der Waals surface area contributed by atoms with Gasteiger partial charge in [0.2, 0.25) is 11.9 Å². The van der Waals surface area contributed by atoms with Gasteiger partial charge in [-0.3, -0.25) is 9.36 Å². The monoisotopic (exact) mass is 437 g/mol. The number of anilines is 1. The van der Waals surface area contributed by atoms with Crippen LogP contribution >= 0.6 is 11.8 Å². The maximum absolute atomic E-state index is 13.1.